The van der Waals surface area contributed by atoms with E-state index >= 15 is 0 Å². The monoisotopic (exact) mass is 379 g/mol. The van der Waals surface area contributed by atoms with Crippen LogP contribution in [0.1, 0.15) is 23.2 Å². The number of ether oxygens (including phenoxy) is 2. The van der Waals surface area contributed by atoms with Gasteiger partial charge in [0, 0.05) is 23.4 Å². The number of hydrogen-bond donors (Lipinski definition) is 1. The van der Waals surface area contributed by atoms with Crippen LogP contribution in [0.5, 0.6) is 5.75 Å². The molecule has 7 heteroatoms. The Morgan fingerprint density at radius 3 is 2.76 bits per heavy atom. The lowest BCUT2D eigenvalue weighted by atomic mass is 10.2. The van der Waals surface area contributed by atoms with Crippen molar-refractivity contribution < 1.29 is 19.1 Å². The van der Waals surface area contributed by atoms with E-state index in [0.29, 0.717) is 23.7 Å². The maximum absolute atomic E-state index is 12.3. The molecule has 0 radical (unpaired) electrons. The Morgan fingerprint density at radius 2 is 2.00 bits per heavy atom. The molecule has 1 heterocycles. The van der Waals surface area contributed by atoms with Crippen molar-refractivity contribution >= 4 is 40.8 Å². The van der Waals surface area contributed by atoms with Gasteiger partial charge < -0.3 is 14.8 Å². The predicted molar refractivity (Wildman–Crippen MR) is 95.5 cm³/mol. The van der Waals surface area contributed by atoms with Crippen LogP contribution in [0.2, 0.25) is 10.0 Å². The number of nitrogens with one attached hydrogen (secondary N) is 1. The molecule has 0 spiro atoms. The topological polar surface area (TPSA) is 64.6 Å². The van der Waals surface area contributed by atoms with Gasteiger partial charge in [0.1, 0.15) is 6.10 Å². The second kappa shape index (κ2) is 7.87. The first kappa shape index (κ1) is 17.7. The summed E-state index contributed by atoms with van der Waals surface area (Å²) in [5.41, 5.74) is 0.772. The molecule has 0 aromatic heterocycles. The maximum atomic E-state index is 12.3. The Labute approximate surface area is 154 Å². The number of hydrogen-bond acceptors (Lipinski definition) is 4. The fourth-order valence-electron chi connectivity index (χ4n) is 2.45. The molecule has 0 saturated carbocycles. The summed E-state index contributed by atoms with van der Waals surface area (Å²) in [4.78, 5) is 24.4. The molecular formula is C18H15Cl2NO4. The highest BCUT2D eigenvalue weighted by molar-refractivity contribution is 6.34. The highest BCUT2D eigenvalue weighted by Crippen LogP contribution is 2.28. The van der Waals surface area contributed by atoms with Gasteiger partial charge in [0.15, 0.2) is 5.75 Å². The average molecular weight is 380 g/mol. The summed E-state index contributed by atoms with van der Waals surface area (Å²) in [6, 6.07) is 11.1. The number of benzene rings is 2. The Balaban J connectivity index is 1.71. The number of amides is 1. The summed E-state index contributed by atoms with van der Waals surface area (Å²) >= 11 is 11.9. The summed E-state index contributed by atoms with van der Waals surface area (Å²) in [6.45, 7) is 0.588. The molecule has 1 aliphatic rings. The summed E-state index contributed by atoms with van der Waals surface area (Å²) in [7, 11) is 0. The molecule has 1 amide bonds. The van der Waals surface area contributed by atoms with Crippen molar-refractivity contribution in [3.63, 3.8) is 0 Å². The fraction of sp³-hybridized carbons (Fsp3) is 0.222. The van der Waals surface area contributed by atoms with Crippen LogP contribution in [-0.2, 0) is 9.53 Å². The van der Waals surface area contributed by atoms with Crippen molar-refractivity contribution in [2.75, 3.05) is 11.9 Å². The molecule has 0 bridgehead atoms. The summed E-state index contributed by atoms with van der Waals surface area (Å²) < 4.78 is 10.6. The predicted octanol–water partition coefficient (Wildman–Crippen LogP) is 4.33. The van der Waals surface area contributed by atoms with E-state index < -0.39 is 12.1 Å². The van der Waals surface area contributed by atoms with Crippen LogP contribution < -0.4 is 10.1 Å². The summed E-state index contributed by atoms with van der Waals surface area (Å²) in [5.74, 6) is -0.647. The standard InChI is InChI=1S/C18H15Cl2NO4/c19-12-6-7-14(20)16(10-12)25-18(23)11-3-1-4-13(9-11)21-17(22)15-5-2-8-24-15/h1,3-4,6-7,9-10,15H,2,5,8H2,(H,21,22)/t15-/m0/s1. The molecule has 130 valence electrons. The normalized spacial score (nSPS) is 16.5. The van der Waals surface area contributed by atoms with E-state index in [0.717, 1.165) is 6.42 Å². The van der Waals surface area contributed by atoms with E-state index in [-0.39, 0.29) is 22.2 Å². The molecule has 0 aliphatic carbocycles. The highest BCUT2D eigenvalue weighted by atomic mass is 35.5. The molecule has 2 aromatic carbocycles. The number of halogens is 2. The van der Waals surface area contributed by atoms with Gasteiger partial charge in [0.25, 0.3) is 5.91 Å². The lowest BCUT2D eigenvalue weighted by Gasteiger charge is -2.11. The van der Waals surface area contributed by atoms with E-state index in [4.69, 9.17) is 32.7 Å². The first-order chi connectivity index (χ1) is 12.0. The van der Waals surface area contributed by atoms with E-state index in [1.807, 2.05) is 0 Å². The first-order valence-corrected chi connectivity index (χ1v) is 8.48. The fourth-order valence-corrected chi connectivity index (χ4v) is 2.76. The molecule has 0 unspecified atom stereocenters. The molecule has 5 nitrogen and oxygen atoms in total. The van der Waals surface area contributed by atoms with Gasteiger partial charge in [-0.1, -0.05) is 29.3 Å². The smallest absolute Gasteiger partial charge is 0.343 e. The molecule has 3 rings (SSSR count). The van der Waals surface area contributed by atoms with Crippen molar-refractivity contribution in [3.05, 3.63) is 58.1 Å². The van der Waals surface area contributed by atoms with Crippen LogP contribution in [0, 0.1) is 0 Å². The number of anilines is 1. The number of carbonyl (C=O) groups is 2. The maximum Gasteiger partial charge on any atom is 0.343 e. The third kappa shape index (κ3) is 4.51. The van der Waals surface area contributed by atoms with Crippen LogP contribution >= 0.6 is 23.2 Å². The number of carbonyl (C=O) groups excluding carboxylic acids is 2. The van der Waals surface area contributed by atoms with Gasteiger partial charge in [-0.05, 0) is 43.2 Å². The summed E-state index contributed by atoms with van der Waals surface area (Å²) in [6.07, 6.45) is 1.12. The van der Waals surface area contributed by atoms with Gasteiger partial charge in [-0.3, -0.25) is 4.79 Å². The van der Waals surface area contributed by atoms with Crippen LogP contribution in [0.4, 0.5) is 5.69 Å². The van der Waals surface area contributed by atoms with E-state index in [2.05, 4.69) is 5.32 Å². The van der Waals surface area contributed by atoms with Gasteiger partial charge in [-0.2, -0.15) is 0 Å². The molecule has 1 fully saturated rings. The lowest BCUT2D eigenvalue weighted by molar-refractivity contribution is -0.124. The van der Waals surface area contributed by atoms with Crippen molar-refractivity contribution in [1.82, 2.24) is 0 Å². The van der Waals surface area contributed by atoms with Crippen LogP contribution in [0.3, 0.4) is 0 Å². The molecule has 25 heavy (non-hydrogen) atoms. The second-order valence-electron chi connectivity index (χ2n) is 5.54. The zero-order valence-corrected chi connectivity index (χ0v) is 14.6. The molecule has 1 N–H and O–H groups in total. The number of rotatable bonds is 4. The Bertz CT molecular complexity index is 803. The molecule has 1 atom stereocenters. The first-order valence-electron chi connectivity index (χ1n) is 7.73. The molecule has 2 aromatic rings. The highest BCUT2D eigenvalue weighted by Gasteiger charge is 2.23. The quantitative estimate of drug-likeness (QED) is 0.634. The van der Waals surface area contributed by atoms with Crippen molar-refractivity contribution in [2.45, 2.75) is 18.9 Å². The van der Waals surface area contributed by atoms with Crippen molar-refractivity contribution in [1.29, 1.82) is 0 Å². The van der Waals surface area contributed by atoms with Gasteiger partial charge in [0.05, 0.1) is 10.6 Å². The Kier molecular flexibility index (Phi) is 5.58. The minimum atomic E-state index is -0.600. The zero-order valence-electron chi connectivity index (χ0n) is 13.1. The van der Waals surface area contributed by atoms with Crippen molar-refractivity contribution in [2.24, 2.45) is 0 Å². The lowest BCUT2D eigenvalue weighted by Crippen LogP contribution is -2.26. The van der Waals surface area contributed by atoms with E-state index in [9.17, 15) is 9.59 Å². The third-order valence-corrected chi connectivity index (χ3v) is 4.23. The SMILES string of the molecule is O=C(Oc1cc(Cl)ccc1Cl)c1cccc(NC(=O)[C@@H]2CCCO2)c1. The van der Waals surface area contributed by atoms with E-state index in [1.54, 1.807) is 30.3 Å². The minimum Gasteiger partial charge on any atom is -0.421 e. The van der Waals surface area contributed by atoms with Gasteiger partial charge >= 0.3 is 5.97 Å². The van der Waals surface area contributed by atoms with Gasteiger partial charge in [-0.15, -0.1) is 0 Å². The molecular weight excluding hydrogens is 365 g/mol. The van der Waals surface area contributed by atoms with Crippen molar-refractivity contribution in [3.8, 4) is 5.75 Å². The van der Waals surface area contributed by atoms with Crippen LogP contribution in [0.15, 0.2) is 42.5 Å². The molecule has 1 saturated heterocycles. The second-order valence-corrected chi connectivity index (χ2v) is 6.38. The van der Waals surface area contributed by atoms with Crippen LogP contribution in [-0.4, -0.2) is 24.6 Å². The molecule has 1 aliphatic heterocycles. The van der Waals surface area contributed by atoms with Gasteiger partial charge in [0.2, 0.25) is 0 Å². The van der Waals surface area contributed by atoms with Crippen LogP contribution in [0.25, 0.3) is 0 Å². The zero-order chi connectivity index (χ0) is 17.8. The van der Waals surface area contributed by atoms with Gasteiger partial charge in [-0.25, -0.2) is 4.79 Å². The van der Waals surface area contributed by atoms with E-state index in [1.165, 1.54) is 12.1 Å². The summed E-state index contributed by atoms with van der Waals surface area (Å²) in [5, 5.41) is 3.43. The number of esters is 1. The largest absolute Gasteiger partial charge is 0.421 e. The Morgan fingerprint density at radius 1 is 1.16 bits per heavy atom. The third-order valence-electron chi connectivity index (χ3n) is 3.68. The Hall–Kier alpha value is -2.08. The minimum absolute atomic E-state index is 0.174. The average Bonchev–Trinajstić information content (AvgIpc) is 3.13.